The summed E-state index contributed by atoms with van der Waals surface area (Å²) in [5.74, 6) is 9.96. The number of thiophene rings is 2. The summed E-state index contributed by atoms with van der Waals surface area (Å²) in [5.41, 5.74) is 9.15. The SMILES string of the molecule is CC#CC(CC(=O)[O-])c1ccc(OCc2cccc(CN3CCc4sc(Cl)cc4C3)c2)cc1.CC#CC(CC(=O)[O-])c1ccc(OCc2cccc(CN3CCc4sc(Cl)cc4C3)c2)cc1.[Ca+2]. The standard InChI is InChI=1S/2C27H26ClNO3S.Ca/c2*1-2-4-22(15-27(30)31)21-7-9-24(10-8-21)32-18-20-6-3-5-19(13-20)16-29-12-11-25-23(17-29)14-26(28)33-25;/h2*3,5-10,13-14,22H,11-12,15-18H2,1H3,(H,30,31);/q;;+2/p-2. The number of nitrogens with zero attached hydrogens (tertiary/aromatic N) is 2. The normalized spacial score (nSPS) is 13.9. The molecule has 2 aliphatic rings. The Morgan fingerprint density at radius 2 is 1.00 bits per heavy atom. The zero-order chi connectivity index (χ0) is 46.4. The number of halogens is 2. The van der Waals surface area contributed by atoms with E-state index in [4.69, 9.17) is 32.7 Å². The number of carboxylic acids is 2. The van der Waals surface area contributed by atoms with Gasteiger partial charge < -0.3 is 29.3 Å². The number of carbonyl (C=O) groups excluding carboxylic acids is 2. The second kappa shape index (κ2) is 25.9. The summed E-state index contributed by atoms with van der Waals surface area (Å²) in [6.07, 6.45) is 1.87. The molecule has 4 aromatic carbocycles. The number of fused-ring (bicyclic) bond motifs is 2. The maximum Gasteiger partial charge on any atom is 2.00 e. The Morgan fingerprint density at radius 1 is 0.612 bits per heavy atom. The third-order valence-corrected chi connectivity index (χ3v) is 14.1. The second-order valence-electron chi connectivity index (χ2n) is 16.3. The first-order valence-electron chi connectivity index (χ1n) is 21.8. The van der Waals surface area contributed by atoms with Gasteiger partial charge in [-0.2, -0.15) is 0 Å². The van der Waals surface area contributed by atoms with Crippen LogP contribution in [0.15, 0.2) is 109 Å². The molecular formula is C54H50CaCl2N2O6S2. The van der Waals surface area contributed by atoms with Crippen molar-refractivity contribution in [3.8, 4) is 35.2 Å². The van der Waals surface area contributed by atoms with E-state index >= 15 is 0 Å². The van der Waals surface area contributed by atoms with E-state index in [2.05, 4.69) is 94.1 Å². The van der Waals surface area contributed by atoms with Gasteiger partial charge in [0.2, 0.25) is 0 Å². The topological polar surface area (TPSA) is 105 Å². The van der Waals surface area contributed by atoms with Crippen LogP contribution in [0, 0.1) is 23.7 Å². The van der Waals surface area contributed by atoms with E-state index in [1.165, 1.54) is 32.0 Å². The van der Waals surface area contributed by atoms with E-state index < -0.39 is 11.9 Å². The summed E-state index contributed by atoms with van der Waals surface area (Å²) in [5, 5.41) is 22.0. The van der Waals surface area contributed by atoms with Crippen LogP contribution in [0.4, 0.5) is 0 Å². The molecule has 340 valence electrons. The monoisotopic (exact) mass is 996 g/mol. The zero-order valence-corrected chi connectivity index (χ0v) is 43.0. The van der Waals surface area contributed by atoms with Crippen molar-refractivity contribution < 1.29 is 29.3 Å². The number of hydrogen-bond donors (Lipinski definition) is 0. The van der Waals surface area contributed by atoms with E-state index in [0.717, 1.165) is 94.5 Å². The molecule has 0 fully saturated rings. The third kappa shape index (κ3) is 15.9. The first-order chi connectivity index (χ1) is 32.0. The number of carbonyl (C=O) groups is 2. The molecule has 2 atom stereocenters. The van der Waals surface area contributed by atoms with Crippen molar-refractivity contribution in [1.82, 2.24) is 9.80 Å². The minimum atomic E-state index is -1.10. The molecule has 2 aliphatic heterocycles. The van der Waals surface area contributed by atoms with Crippen molar-refractivity contribution in [2.24, 2.45) is 0 Å². The van der Waals surface area contributed by atoms with Crippen LogP contribution in [-0.4, -0.2) is 72.6 Å². The molecule has 0 spiro atoms. The Kier molecular flexibility index (Phi) is 20.1. The molecule has 0 saturated carbocycles. The summed E-state index contributed by atoms with van der Waals surface area (Å²) < 4.78 is 13.7. The van der Waals surface area contributed by atoms with Gasteiger partial charge in [-0.15, -0.1) is 34.5 Å². The molecule has 2 unspecified atom stereocenters. The van der Waals surface area contributed by atoms with Crippen LogP contribution in [0.1, 0.15) is 92.8 Å². The van der Waals surface area contributed by atoms with Gasteiger partial charge in [-0.05, 0) is 108 Å². The molecule has 8 nitrogen and oxygen atoms in total. The van der Waals surface area contributed by atoms with Crippen LogP contribution in [0.2, 0.25) is 8.67 Å². The fraction of sp³-hybridized carbons (Fsp3) is 0.296. The van der Waals surface area contributed by atoms with E-state index in [1.807, 2.05) is 48.5 Å². The summed E-state index contributed by atoms with van der Waals surface area (Å²) >= 11 is 15.8. The van der Waals surface area contributed by atoms with Gasteiger partial charge in [0.05, 0.1) is 20.5 Å². The maximum atomic E-state index is 11.0. The average molecular weight is 998 g/mol. The molecule has 0 amide bonds. The molecule has 0 bridgehead atoms. The Labute approximate surface area is 441 Å². The average Bonchev–Trinajstić information content (AvgIpc) is 3.87. The van der Waals surface area contributed by atoms with E-state index in [0.29, 0.717) is 13.2 Å². The first-order valence-corrected chi connectivity index (χ1v) is 24.2. The predicted octanol–water partition coefficient (Wildman–Crippen LogP) is 9.19. The first kappa shape index (κ1) is 52.1. The molecule has 0 aliphatic carbocycles. The van der Waals surface area contributed by atoms with Crippen molar-refractivity contribution >= 4 is 95.6 Å². The Bertz CT molecular complexity index is 2550. The Morgan fingerprint density at radius 3 is 1.37 bits per heavy atom. The van der Waals surface area contributed by atoms with Crippen molar-refractivity contribution in [1.29, 1.82) is 0 Å². The minimum Gasteiger partial charge on any atom is -0.550 e. The predicted molar refractivity (Wildman–Crippen MR) is 266 cm³/mol. The third-order valence-electron chi connectivity index (χ3n) is 11.4. The Hall–Kier alpha value is -4.30. The van der Waals surface area contributed by atoms with Gasteiger partial charge in [0.15, 0.2) is 0 Å². The number of ether oxygens (including phenoxy) is 2. The van der Waals surface area contributed by atoms with Gasteiger partial charge in [-0.1, -0.05) is 108 Å². The summed E-state index contributed by atoms with van der Waals surface area (Å²) in [4.78, 5) is 29.7. The van der Waals surface area contributed by atoms with Gasteiger partial charge in [0.25, 0.3) is 0 Å². The summed E-state index contributed by atoms with van der Waals surface area (Å²) in [7, 11) is 0. The molecule has 13 heteroatoms. The van der Waals surface area contributed by atoms with E-state index in [9.17, 15) is 19.8 Å². The number of benzene rings is 4. The van der Waals surface area contributed by atoms with Crippen LogP contribution in [0.25, 0.3) is 0 Å². The minimum absolute atomic E-state index is 0. The molecule has 0 saturated heterocycles. The van der Waals surface area contributed by atoms with Crippen molar-refractivity contribution in [3.05, 3.63) is 172 Å². The Balaban J connectivity index is 0.000000218. The van der Waals surface area contributed by atoms with Crippen LogP contribution in [-0.2, 0) is 61.8 Å². The molecule has 0 radical (unpaired) electrons. The van der Waals surface area contributed by atoms with Crippen LogP contribution in [0.3, 0.4) is 0 Å². The largest absolute Gasteiger partial charge is 2.00 e. The molecular weight excluding hydrogens is 948 g/mol. The van der Waals surface area contributed by atoms with Gasteiger partial charge >= 0.3 is 37.7 Å². The second-order valence-corrected chi connectivity index (χ2v) is 19.9. The number of hydrogen-bond acceptors (Lipinski definition) is 10. The molecule has 6 aromatic rings. The summed E-state index contributed by atoms with van der Waals surface area (Å²) in [6.45, 7) is 10.1. The summed E-state index contributed by atoms with van der Waals surface area (Å²) in [6, 6.07) is 36.1. The maximum absolute atomic E-state index is 11.0. The number of rotatable bonds is 16. The van der Waals surface area contributed by atoms with Gasteiger partial charge in [0, 0.05) is 73.8 Å². The molecule has 2 aromatic heterocycles. The fourth-order valence-corrected chi connectivity index (χ4v) is 10.8. The molecule has 67 heavy (non-hydrogen) atoms. The fourth-order valence-electron chi connectivity index (χ4n) is 8.24. The van der Waals surface area contributed by atoms with E-state index in [-0.39, 0.29) is 62.4 Å². The molecule has 8 rings (SSSR count). The molecule has 0 N–H and O–H groups in total. The zero-order valence-electron chi connectivity index (χ0n) is 37.7. The quantitative estimate of drug-likeness (QED) is 0.0699. The number of carboxylic acid groups (broad SMARTS) is 2. The van der Waals surface area contributed by atoms with Crippen molar-refractivity contribution in [2.45, 2.75) is 90.8 Å². The van der Waals surface area contributed by atoms with Crippen LogP contribution >= 0.6 is 45.9 Å². The van der Waals surface area contributed by atoms with E-state index in [1.54, 1.807) is 36.5 Å². The van der Waals surface area contributed by atoms with Crippen LogP contribution in [0.5, 0.6) is 11.5 Å². The number of aliphatic carboxylic acids is 2. The van der Waals surface area contributed by atoms with Gasteiger partial charge in [-0.3, -0.25) is 9.80 Å². The van der Waals surface area contributed by atoms with Crippen molar-refractivity contribution in [3.63, 3.8) is 0 Å². The smallest absolute Gasteiger partial charge is 0.550 e. The van der Waals surface area contributed by atoms with Crippen molar-refractivity contribution in [2.75, 3.05) is 13.1 Å². The van der Waals surface area contributed by atoms with Crippen LogP contribution < -0.4 is 19.7 Å². The molecule has 4 heterocycles. The van der Waals surface area contributed by atoms with Gasteiger partial charge in [0.1, 0.15) is 24.7 Å². The van der Waals surface area contributed by atoms with Gasteiger partial charge in [-0.25, -0.2) is 0 Å².